The quantitative estimate of drug-likeness (QED) is 0.0875. The van der Waals surface area contributed by atoms with E-state index in [2.05, 4.69) is 9.48 Å². The number of hydrogen-bond donors (Lipinski definition) is 3. The summed E-state index contributed by atoms with van der Waals surface area (Å²) in [5.74, 6) is -0.827. The maximum absolute atomic E-state index is 11.9. The molecule has 0 saturated carbocycles. The van der Waals surface area contributed by atoms with Crippen molar-refractivity contribution >= 4 is 94.7 Å². The average Bonchev–Trinajstić information content (AvgIpc) is 3.29. The fourth-order valence-electron chi connectivity index (χ4n) is 6.29. The molecule has 0 amide bonds. The molecule has 13 heteroatoms. The van der Waals surface area contributed by atoms with E-state index in [9.17, 15) is 30.7 Å². The van der Waals surface area contributed by atoms with E-state index in [0.29, 0.717) is 19.5 Å². The van der Waals surface area contributed by atoms with Gasteiger partial charge in [-0.15, -0.1) is 0 Å². The van der Waals surface area contributed by atoms with Gasteiger partial charge < -0.3 is 10.0 Å². The minimum absolute atomic E-state index is 0. The number of carboxylic acids is 1. The summed E-state index contributed by atoms with van der Waals surface area (Å²) in [5, 5.41) is 8.97. The zero-order valence-electron chi connectivity index (χ0n) is 26.2. The Hall–Kier alpha value is -1.94. The van der Waals surface area contributed by atoms with Crippen LogP contribution in [0.3, 0.4) is 0 Å². The van der Waals surface area contributed by atoms with Crippen LogP contribution in [-0.4, -0.2) is 112 Å². The summed E-state index contributed by atoms with van der Waals surface area (Å²) < 4.78 is 68.7. The molecule has 0 saturated heterocycles. The molecule has 10 nitrogen and oxygen atoms in total. The Labute approximate surface area is 314 Å². The van der Waals surface area contributed by atoms with E-state index in [1.54, 1.807) is 12.1 Å². The van der Waals surface area contributed by atoms with Crippen LogP contribution in [0.1, 0.15) is 71.4 Å². The van der Waals surface area contributed by atoms with Crippen molar-refractivity contribution < 1.29 is 40.4 Å². The molecule has 2 aromatic carbocycles. The second-order valence-corrected chi connectivity index (χ2v) is 15.2. The van der Waals surface area contributed by atoms with E-state index in [1.165, 1.54) is 24.3 Å². The third-order valence-electron chi connectivity index (χ3n) is 8.64. The third kappa shape index (κ3) is 8.01. The number of fused-ring (bicyclic) bond motifs is 2. The zero-order chi connectivity index (χ0) is 33.4. The van der Waals surface area contributed by atoms with E-state index >= 15 is 0 Å². The van der Waals surface area contributed by atoms with Crippen LogP contribution in [0.25, 0.3) is 0 Å². The third-order valence-corrected chi connectivity index (χ3v) is 10.3. The molecule has 0 radical (unpaired) electrons. The standard InChI is InChI=1S/C33H40N2O8S2.K.H/c1-6-34-27-18-16-23(44(38,39)40)21-25(27)32(2,3)29(34)13-9-7-10-14-30-33(4,5)26-22-24(45(41,42)43)17-19-28(26)35(30)20-12-8-11-15-31(36)37;;/h7,9-10,13-14,16-19,21-22H,6,8,11-12,15,20H2,1-5H3,(H2-,36,37,38,39,40,41,42,43);;/p+1. The number of benzene rings is 2. The molecule has 4 rings (SSSR count). The summed E-state index contributed by atoms with van der Waals surface area (Å²) in [6, 6.07) is 9.25. The van der Waals surface area contributed by atoms with Crippen LogP contribution < -0.4 is 4.90 Å². The van der Waals surface area contributed by atoms with E-state index < -0.39 is 37.0 Å². The molecule has 0 atom stereocenters. The molecule has 46 heavy (non-hydrogen) atoms. The Bertz CT molecular complexity index is 1860. The van der Waals surface area contributed by atoms with Crippen molar-refractivity contribution in [1.29, 1.82) is 0 Å². The summed E-state index contributed by atoms with van der Waals surface area (Å²) in [6.45, 7) is 11.3. The predicted molar refractivity (Wildman–Crippen MR) is 181 cm³/mol. The van der Waals surface area contributed by atoms with Crippen LogP contribution >= 0.6 is 0 Å². The molecule has 0 aliphatic carbocycles. The van der Waals surface area contributed by atoms with E-state index in [-0.39, 0.29) is 67.6 Å². The van der Waals surface area contributed by atoms with Gasteiger partial charge in [0.1, 0.15) is 6.54 Å². The van der Waals surface area contributed by atoms with Gasteiger partial charge in [0.25, 0.3) is 20.2 Å². The summed E-state index contributed by atoms with van der Waals surface area (Å²) in [6.07, 6.45) is 11.8. The number of nitrogens with zero attached hydrogens (tertiary/aromatic N) is 2. The summed E-state index contributed by atoms with van der Waals surface area (Å²) in [4.78, 5) is 12.7. The van der Waals surface area contributed by atoms with Crippen molar-refractivity contribution in [2.45, 2.75) is 80.9 Å². The number of anilines is 1. The molecule has 3 N–H and O–H groups in total. The van der Waals surface area contributed by atoms with Gasteiger partial charge in [-0.05, 0) is 75.6 Å². The van der Waals surface area contributed by atoms with E-state index in [1.807, 2.05) is 65.0 Å². The minimum atomic E-state index is -4.39. The topological polar surface area (TPSA) is 152 Å². The van der Waals surface area contributed by atoms with Crippen LogP contribution in [0.4, 0.5) is 11.4 Å². The normalized spacial score (nSPS) is 18.0. The van der Waals surface area contributed by atoms with Gasteiger partial charge in [-0.3, -0.25) is 13.9 Å². The van der Waals surface area contributed by atoms with Gasteiger partial charge in [-0.2, -0.15) is 21.4 Å². The molecule has 2 aliphatic rings. The Balaban J connectivity index is 0.00000576. The van der Waals surface area contributed by atoms with Crippen molar-refractivity contribution in [3.63, 3.8) is 0 Å². The van der Waals surface area contributed by atoms with Crippen LogP contribution in [-0.2, 0) is 35.9 Å². The molecule has 2 aromatic rings. The van der Waals surface area contributed by atoms with E-state index in [4.69, 9.17) is 5.11 Å². The molecule has 0 unspecified atom stereocenters. The molecular weight excluding hydrogens is 656 g/mol. The molecule has 0 aromatic heterocycles. The Morgan fingerprint density at radius 3 is 2.04 bits per heavy atom. The number of allylic oxidation sites excluding steroid dienone is 6. The van der Waals surface area contributed by atoms with Gasteiger partial charge in [-0.1, -0.05) is 38.5 Å². The average molecular weight is 698 g/mol. The SMILES string of the molecule is CC[N+]1=C(C=CC=CC=C2N(CCCCCC(=O)O)c3ccc(S(=O)(=O)O)cc3C2(C)C)C(C)(C)c2cc(S(=O)(=O)O)ccc21.[KH]. The van der Waals surface area contributed by atoms with Crippen LogP contribution in [0.15, 0.2) is 82.3 Å². The van der Waals surface area contributed by atoms with Crippen LogP contribution in [0, 0.1) is 0 Å². The Morgan fingerprint density at radius 1 is 0.848 bits per heavy atom. The molecule has 2 aliphatic heterocycles. The zero-order valence-corrected chi connectivity index (χ0v) is 27.8. The van der Waals surface area contributed by atoms with Crippen molar-refractivity contribution in [3.8, 4) is 0 Å². The number of carboxylic acid groups (broad SMARTS) is 1. The van der Waals surface area contributed by atoms with Gasteiger partial charge in [0.05, 0.1) is 15.2 Å². The molecular formula is C33H42KN2O8S2+. The van der Waals surface area contributed by atoms with Gasteiger partial charge >= 0.3 is 57.4 Å². The number of carbonyl (C=O) groups is 1. The summed E-state index contributed by atoms with van der Waals surface area (Å²) in [5.41, 5.74) is 4.09. The van der Waals surface area contributed by atoms with Gasteiger partial charge in [0.2, 0.25) is 5.69 Å². The molecule has 0 spiro atoms. The Kier molecular flexibility index (Phi) is 12.3. The predicted octanol–water partition coefficient (Wildman–Crippen LogP) is 5.37. The Morgan fingerprint density at radius 2 is 1.46 bits per heavy atom. The molecule has 2 heterocycles. The molecule has 0 bridgehead atoms. The number of hydrogen-bond acceptors (Lipinski definition) is 6. The summed E-state index contributed by atoms with van der Waals surface area (Å²) >= 11 is 0. The number of rotatable bonds is 12. The first-order valence-corrected chi connectivity index (χ1v) is 17.7. The van der Waals surface area contributed by atoms with Gasteiger partial charge in [0, 0.05) is 47.5 Å². The maximum atomic E-state index is 11.9. The van der Waals surface area contributed by atoms with E-state index in [0.717, 1.165) is 46.8 Å². The first-order chi connectivity index (χ1) is 20.9. The monoisotopic (exact) mass is 697 g/mol. The van der Waals surface area contributed by atoms with Crippen molar-refractivity contribution in [2.75, 3.05) is 18.0 Å². The number of aliphatic carboxylic acids is 1. The summed E-state index contributed by atoms with van der Waals surface area (Å²) in [7, 11) is -8.72. The number of unbranched alkanes of at least 4 members (excludes halogenated alkanes) is 2. The fourth-order valence-corrected chi connectivity index (χ4v) is 7.31. The van der Waals surface area contributed by atoms with Crippen molar-refractivity contribution in [3.05, 3.63) is 83.6 Å². The van der Waals surface area contributed by atoms with Crippen LogP contribution in [0.2, 0.25) is 0 Å². The van der Waals surface area contributed by atoms with Crippen molar-refractivity contribution in [1.82, 2.24) is 0 Å². The second-order valence-electron chi connectivity index (χ2n) is 12.3. The first kappa shape index (κ1) is 38.5. The second kappa shape index (κ2) is 14.7. The fraction of sp³-hybridized carbons (Fsp3) is 0.394. The van der Waals surface area contributed by atoms with Gasteiger partial charge in [-0.25, -0.2) is 0 Å². The van der Waals surface area contributed by atoms with Crippen LogP contribution in [0.5, 0.6) is 0 Å². The molecule has 0 fully saturated rings. The first-order valence-electron chi connectivity index (χ1n) is 14.8. The van der Waals surface area contributed by atoms with Gasteiger partial charge in [0.15, 0.2) is 5.71 Å². The molecule has 244 valence electrons. The van der Waals surface area contributed by atoms with Crippen molar-refractivity contribution in [2.24, 2.45) is 0 Å².